The third kappa shape index (κ3) is 5.12. The second-order valence-electron chi connectivity index (χ2n) is 4.74. The summed E-state index contributed by atoms with van der Waals surface area (Å²) in [4.78, 5) is 13.8. The Bertz CT molecular complexity index is 463. The molecular formula is C15H21N3O. The van der Waals surface area contributed by atoms with Crippen LogP contribution in [0.4, 0.5) is 0 Å². The number of nitrogens with zero attached hydrogens (tertiary/aromatic N) is 1. The molecule has 0 radical (unpaired) electrons. The van der Waals surface area contributed by atoms with Crippen molar-refractivity contribution >= 4 is 5.91 Å². The molecule has 0 aliphatic carbocycles. The molecule has 102 valence electrons. The summed E-state index contributed by atoms with van der Waals surface area (Å²) < 4.78 is 0. The van der Waals surface area contributed by atoms with Crippen LogP contribution < -0.4 is 11.1 Å². The van der Waals surface area contributed by atoms with Gasteiger partial charge in [-0.05, 0) is 25.2 Å². The quantitative estimate of drug-likeness (QED) is 0.740. The molecule has 1 atom stereocenters. The highest BCUT2D eigenvalue weighted by atomic mass is 16.2. The molecule has 0 heterocycles. The second-order valence-corrected chi connectivity index (χ2v) is 4.74. The molecule has 0 aliphatic rings. The van der Waals surface area contributed by atoms with Gasteiger partial charge < -0.3 is 16.0 Å². The van der Waals surface area contributed by atoms with Crippen LogP contribution >= 0.6 is 0 Å². The van der Waals surface area contributed by atoms with Gasteiger partial charge in [0.05, 0.1) is 6.04 Å². The summed E-state index contributed by atoms with van der Waals surface area (Å²) in [6.07, 6.45) is 5.39. The van der Waals surface area contributed by atoms with Crippen LogP contribution in [0.25, 0.3) is 0 Å². The molecule has 1 unspecified atom stereocenters. The average Bonchev–Trinajstić information content (AvgIpc) is 2.37. The molecule has 0 fully saturated rings. The zero-order valence-electron chi connectivity index (χ0n) is 11.5. The van der Waals surface area contributed by atoms with Crippen molar-refractivity contribution in [2.75, 3.05) is 14.1 Å². The summed E-state index contributed by atoms with van der Waals surface area (Å²) in [7, 11) is 4.02. The van der Waals surface area contributed by atoms with Gasteiger partial charge in [-0.2, -0.15) is 0 Å². The van der Waals surface area contributed by atoms with Crippen LogP contribution in [-0.4, -0.2) is 30.9 Å². The largest absolute Gasteiger partial charge is 0.351 e. The van der Waals surface area contributed by atoms with Gasteiger partial charge in [-0.15, -0.1) is 12.3 Å². The number of amides is 1. The summed E-state index contributed by atoms with van der Waals surface area (Å²) in [6, 6.07) is 7.39. The minimum atomic E-state index is -0.633. The Morgan fingerprint density at radius 1 is 1.42 bits per heavy atom. The fourth-order valence-electron chi connectivity index (χ4n) is 1.76. The number of nitrogens with one attached hydrogen (secondary N) is 1. The van der Waals surface area contributed by atoms with E-state index in [0.717, 1.165) is 12.1 Å². The van der Waals surface area contributed by atoms with Crippen LogP contribution in [0.1, 0.15) is 17.5 Å². The van der Waals surface area contributed by atoms with E-state index < -0.39 is 6.04 Å². The zero-order chi connectivity index (χ0) is 14.3. The Morgan fingerprint density at radius 3 is 2.63 bits per heavy atom. The lowest BCUT2D eigenvalue weighted by Gasteiger charge is -2.15. The number of terminal acetylenes is 1. The van der Waals surface area contributed by atoms with Crippen LogP contribution in [0.2, 0.25) is 0 Å². The van der Waals surface area contributed by atoms with Crippen LogP contribution in [0.5, 0.6) is 0 Å². The van der Waals surface area contributed by atoms with Crippen molar-refractivity contribution in [2.24, 2.45) is 5.73 Å². The molecule has 4 nitrogen and oxygen atoms in total. The van der Waals surface area contributed by atoms with Crippen molar-refractivity contribution in [3.8, 4) is 12.3 Å². The Hall–Kier alpha value is -1.83. The second kappa shape index (κ2) is 7.57. The predicted octanol–water partition coefficient (Wildman–Crippen LogP) is 0.715. The van der Waals surface area contributed by atoms with Gasteiger partial charge >= 0.3 is 0 Å². The number of carbonyl (C=O) groups is 1. The molecule has 3 N–H and O–H groups in total. The van der Waals surface area contributed by atoms with E-state index in [-0.39, 0.29) is 12.3 Å². The van der Waals surface area contributed by atoms with Crippen molar-refractivity contribution in [3.05, 3.63) is 35.4 Å². The summed E-state index contributed by atoms with van der Waals surface area (Å²) in [6.45, 7) is 1.31. The Balaban J connectivity index is 2.63. The standard InChI is InChI=1S/C15H21N3O/c1-4-7-14(16)15(19)17-10-12-8-5-6-9-13(12)11-18(2)3/h1,5-6,8-9,14H,7,10-11,16H2,2-3H3,(H,17,19). The number of hydrogen-bond donors (Lipinski definition) is 2. The third-order valence-corrected chi connectivity index (χ3v) is 2.73. The summed E-state index contributed by atoms with van der Waals surface area (Å²) in [5.41, 5.74) is 7.94. The molecule has 1 rings (SSSR count). The lowest BCUT2D eigenvalue weighted by atomic mass is 10.1. The molecule has 1 aromatic carbocycles. The van der Waals surface area contributed by atoms with E-state index >= 15 is 0 Å². The Kier molecular flexibility index (Phi) is 6.07. The molecule has 0 aromatic heterocycles. The number of hydrogen-bond acceptors (Lipinski definition) is 3. The van der Waals surface area contributed by atoms with Gasteiger partial charge in [-0.1, -0.05) is 24.3 Å². The highest BCUT2D eigenvalue weighted by Gasteiger charge is 2.12. The summed E-state index contributed by atoms with van der Waals surface area (Å²) in [5, 5.41) is 2.82. The predicted molar refractivity (Wildman–Crippen MR) is 77.1 cm³/mol. The van der Waals surface area contributed by atoms with Crippen LogP contribution in [0.3, 0.4) is 0 Å². The van der Waals surface area contributed by atoms with Crippen molar-refractivity contribution in [3.63, 3.8) is 0 Å². The van der Waals surface area contributed by atoms with E-state index in [2.05, 4.69) is 22.2 Å². The number of nitrogens with two attached hydrogens (primary N) is 1. The highest BCUT2D eigenvalue weighted by molar-refractivity contribution is 5.81. The van der Waals surface area contributed by atoms with Crippen LogP contribution in [-0.2, 0) is 17.9 Å². The van der Waals surface area contributed by atoms with Crippen molar-refractivity contribution < 1.29 is 4.79 Å². The number of carbonyl (C=O) groups excluding carboxylic acids is 1. The maximum atomic E-state index is 11.7. The SMILES string of the molecule is C#CCC(N)C(=O)NCc1ccccc1CN(C)C. The number of rotatable bonds is 6. The van der Waals surface area contributed by atoms with Crippen molar-refractivity contribution in [1.82, 2.24) is 10.2 Å². The smallest absolute Gasteiger partial charge is 0.238 e. The van der Waals surface area contributed by atoms with E-state index in [0.29, 0.717) is 6.54 Å². The van der Waals surface area contributed by atoms with E-state index in [9.17, 15) is 4.79 Å². The molecule has 0 saturated heterocycles. The average molecular weight is 259 g/mol. The molecule has 0 bridgehead atoms. The first-order valence-electron chi connectivity index (χ1n) is 6.23. The van der Waals surface area contributed by atoms with Crippen LogP contribution in [0, 0.1) is 12.3 Å². The van der Waals surface area contributed by atoms with E-state index in [1.165, 1.54) is 5.56 Å². The molecule has 1 aromatic rings. The lowest BCUT2D eigenvalue weighted by Crippen LogP contribution is -2.40. The summed E-state index contributed by atoms with van der Waals surface area (Å²) in [5.74, 6) is 2.18. The first-order chi connectivity index (χ1) is 9.04. The normalized spacial score (nSPS) is 11.9. The maximum absolute atomic E-state index is 11.7. The first-order valence-corrected chi connectivity index (χ1v) is 6.23. The van der Waals surface area contributed by atoms with Crippen LogP contribution in [0.15, 0.2) is 24.3 Å². The molecule has 19 heavy (non-hydrogen) atoms. The lowest BCUT2D eigenvalue weighted by molar-refractivity contribution is -0.122. The topological polar surface area (TPSA) is 58.4 Å². The fraction of sp³-hybridized carbons (Fsp3) is 0.400. The molecule has 0 saturated carbocycles. The van der Waals surface area contributed by atoms with Gasteiger partial charge in [0.2, 0.25) is 5.91 Å². The molecule has 1 amide bonds. The molecule has 0 aliphatic heterocycles. The molecule has 4 heteroatoms. The van der Waals surface area contributed by atoms with Gasteiger partial charge in [-0.3, -0.25) is 4.79 Å². The Labute approximate surface area is 115 Å². The van der Waals surface area contributed by atoms with E-state index in [1.54, 1.807) is 0 Å². The first kappa shape index (κ1) is 15.2. The molecule has 0 spiro atoms. The van der Waals surface area contributed by atoms with Gasteiger partial charge in [0.25, 0.3) is 0 Å². The van der Waals surface area contributed by atoms with Gasteiger partial charge in [0.1, 0.15) is 0 Å². The highest BCUT2D eigenvalue weighted by Crippen LogP contribution is 2.10. The Morgan fingerprint density at radius 2 is 2.05 bits per heavy atom. The van der Waals surface area contributed by atoms with E-state index in [4.69, 9.17) is 12.2 Å². The van der Waals surface area contributed by atoms with Gasteiger partial charge in [0, 0.05) is 19.5 Å². The minimum absolute atomic E-state index is 0.211. The fourth-order valence-corrected chi connectivity index (χ4v) is 1.76. The van der Waals surface area contributed by atoms with Crippen molar-refractivity contribution in [1.29, 1.82) is 0 Å². The molecular weight excluding hydrogens is 238 g/mol. The van der Waals surface area contributed by atoms with E-state index in [1.807, 2.05) is 32.3 Å². The minimum Gasteiger partial charge on any atom is -0.351 e. The van der Waals surface area contributed by atoms with Gasteiger partial charge in [-0.25, -0.2) is 0 Å². The van der Waals surface area contributed by atoms with Crippen molar-refractivity contribution in [2.45, 2.75) is 25.6 Å². The third-order valence-electron chi connectivity index (χ3n) is 2.73. The monoisotopic (exact) mass is 259 g/mol. The zero-order valence-corrected chi connectivity index (χ0v) is 11.5. The van der Waals surface area contributed by atoms with Gasteiger partial charge in [0.15, 0.2) is 0 Å². The maximum Gasteiger partial charge on any atom is 0.238 e. The number of benzene rings is 1. The summed E-state index contributed by atoms with van der Waals surface area (Å²) >= 11 is 0.